The summed E-state index contributed by atoms with van der Waals surface area (Å²) in [6.45, 7) is 2.23. The van der Waals surface area contributed by atoms with Crippen molar-refractivity contribution in [3.05, 3.63) is 35.0 Å². The summed E-state index contributed by atoms with van der Waals surface area (Å²) < 4.78 is 0. The molecular formula is C15H17NO2. The molecule has 1 heterocycles. The van der Waals surface area contributed by atoms with Crippen LogP contribution in [-0.4, -0.2) is 16.1 Å². The summed E-state index contributed by atoms with van der Waals surface area (Å²) >= 11 is 0. The highest BCUT2D eigenvalue weighted by atomic mass is 16.4. The SMILES string of the molecule is CCC1CCc2[nH]c3ccc(C(=O)O)cc3c2C1. The number of hydrogen-bond donors (Lipinski definition) is 2. The van der Waals surface area contributed by atoms with Gasteiger partial charge in [-0.15, -0.1) is 0 Å². The van der Waals surface area contributed by atoms with E-state index in [0.29, 0.717) is 5.56 Å². The number of fused-ring (bicyclic) bond motifs is 3. The number of benzene rings is 1. The van der Waals surface area contributed by atoms with Gasteiger partial charge in [-0.2, -0.15) is 0 Å². The lowest BCUT2D eigenvalue weighted by Crippen LogP contribution is -2.12. The first kappa shape index (κ1) is 11.3. The second-order valence-corrected chi connectivity index (χ2v) is 5.16. The van der Waals surface area contributed by atoms with Crippen molar-refractivity contribution < 1.29 is 9.90 Å². The Kier molecular flexibility index (Phi) is 2.62. The summed E-state index contributed by atoms with van der Waals surface area (Å²) in [4.78, 5) is 14.5. The van der Waals surface area contributed by atoms with Gasteiger partial charge in [0.05, 0.1) is 5.56 Å². The second-order valence-electron chi connectivity index (χ2n) is 5.16. The number of aromatic amines is 1. The average Bonchev–Trinajstić information content (AvgIpc) is 2.75. The fourth-order valence-corrected chi connectivity index (χ4v) is 2.97. The third-order valence-electron chi connectivity index (χ3n) is 4.11. The lowest BCUT2D eigenvalue weighted by molar-refractivity contribution is 0.0697. The minimum atomic E-state index is -0.852. The highest BCUT2D eigenvalue weighted by molar-refractivity contribution is 5.95. The maximum atomic E-state index is 11.0. The molecule has 0 saturated carbocycles. The molecule has 0 saturated heterocycles. The van der Waals surface area contributed by atoms with Crippen molar-refractivity contribution >= 4 is 16.9 Å². The van der Waals surface area contributed by atoms with Crippen LogP contribution in [0, 0.1) is 5.92 Å². The van der Waals surface area contributed by atoms with Crippen LogP contribution >= 0.6 is 0 Å². The van der Waals surface area contributed by atoms with Gasteiger partial charge < -0.3 is 10.1 Å². The van der Waals surface area contributed by atoms with E-state index in [9.17, 15) is 4.79 Å². The number of hydrogen-bond acceptors (Lipinski definition) is 1. The van der Waals surface area contributed by atoms with Crippen molar-refractivity contribution in [2.24, 2.45) is 5.92 Å². The number of carboxylic acid groups (broad SMARTS) is 1. The van der Waals surface area contributed by atoms with E-state index in [0.717, 1.165) is 29.7 Å². The molecule has 1 aromatic heterocycles. The topological polar surface area (TPSA) is 53.1 Å². The zero-order chi connectivity index (χ0) is 12.7. The number of carbonyl (C=O) groups is 1. The van der Waals surface area contributed by atoms with E-state index in [2.05, 4.69) is 11.9 Å². The Labute approximate surface area is 106 Å². The molecule has 1 aliphatic carbocycles. The Morgan fingerprint density at radius 1 is 1.50 bits per heavy atom. The van der Waals surface area contributed by atoms with E-state index in [1.165, 1.54) is 24.1 Å². The van der Waals surface area contributed by atoms with Crippen molar-refractivity contribution in [2.75, 3.05) is 0 Å². The smallest absolute Gasteiger partial charge is 0.335 e. The number of aromatic carboxylic acids is 1. The summed E-state index contributed by atoms with van der Waals surface area (Å²) in [7, 11) is 0. The molecule has 1 aromatic carbocycles. The van der Waals surface area contributed by atoms with E-state index in [1.54, 1.807) is 6.07 Å². The molecule has 1 atom stereocenters. The third-order valence-corrected chi connectivity index (χ3v) is 4.11. The van der Waals surface area contributed by atoms with Gasteiger partial charge in [0.25, 0.3) is 0 Å². The monoisotopic (exact) mass is 243 g/mol. The molecule has 3 rings (SSSR count). The van der Waals surface area contributed by atoms with Crippen molar-refractivity contribution in [1.82, 2.24) is 4.98 Å². The lowest BCUT2D eigenvalue weighted by atomic mass is 9.85. The van der Waals surface area contributed by atoms with Gasteiger partial charge in [0.15, 0.2) is 0 Å². The molecular weight excluding hydrogens is 226 g/mol. The molecule has 2 aromatic rings. The number of aromatic nitrogens is 1. The molecule has 0 fully saturated rings. The van der Waals surface area contributed by atoms with Gasteiger partial charge in [0.2, 0.25) is 0 Å². The van der Waals surface area contributed by atoms with E-state index in [-0.39, 0.29) is 0 Å². The Morgan fingerprint density at radius 3 is 3.06 bits per heavy atom. The van der Waals surface area contributed by atoms with Gasteiger partial charge in [0, 0.05) is 16.6 Å². The number of aryl methyl sites for hydroxylation is 1. The Balaban J connectivity index is 2.14. The maximum Gasteiger partial charge on any atom is 0.335 e. The minimum absolute atomic E-state index is 0.378. The number of H-pyrrole nitrogens is 1. The standard InChI is InChI=1S/C15H17NO2/c1-2-9-3-5-13-11(7-9)12-8-10(15(17)18)4-6-14(12)16-13/h4,6,8-9,16H,2-3,5,7H2,1H3,(H,17,18). The van der Waals surface area contributed by atoms with Crippen LogP contribution in [0.15, 0.2) is 18.2 Å². The summed E-state index contributed by atoms with van der Waals surface area (Å²) in [5, 5.41) is 10.2. The fraction of sp³-hybridized carbons (Fsp3) is 0.400. The molecule has 0 amide bonds. The number of carboxylic acids is 1. The first-order valence-electron chi connectivity index (χ1n) is 6.55. The number of nitrogens with one attached hydrogen (secondary N) is 1. The normalized spacial score (nSPS) is 18.8. The number of rotatable bonds is 2. The van der Waals surface area contributed by atoms with Crippen molar-refractivity contribution in [3.8, 4) is 0 Å². The molecule has 2 N–H and O–H groups in total. The van der Waals surface area contributed by atoms with E-state index >= 15 is 0 Å². The van der Waals surface area contributed by atoms with Gasteiger partial charge in [0.1, 0.15) is 0 Å². The Hall–Kier alpha value is -1.77. The molecule has 3 heteroatoms. The van der Waals surface area contributed by atoms with Crippen LogP contribution < -0.4 is 0 Å². The van der Waals surface area contributed by atoms with Crippen LogP contribution in [-0.2, 0) is 12.8 Å². The second kappa shape index (κ2) is 4.16. The van der Waals surface area contributed by atoms with Crippen molar-refractivity contribution in [1.29, 1.82) is 0 Å². The lowest BCUT2D eigenvalue weighted by Gasteiger charge is -2.20. The summed E-state index contributed by atoms with van der Waals surface area (Å²) in [6, 6.07) is 5.37. The molecule has 3 nitrogen and oxygen atoms in total. The predicted molar refractivity (Wildman–Crippen MR) is 71.1 cm³/mol. The summed E-state index contributed by atoms with van der Waals surface area (Å²) in [5.74, 6) is -0.111. The molecule has 0 bridgehead atoms. The molecule has 18 heavy (non-hydrogen) atoms. The largest absolute Gasteiger partial charge is 0.478 e. The molecule has 94 valence electrons. The van der Waals surface area contributed by atoms with Gasteiger partial charge >= 0.3 is 5.97 Å². The van der Waals surface area contributed by atoms with Crippen LogP contribution in [0.2, 0.25) is 0 Å². The summed E-state index contributed by atoms with van der Waals surface area (Å²) in [5.41, 5.74) is 4.09. The van der Waals surface area contributed by atoms with Gasteiger partial charge in [-0.05, 0) is 48.9 Å². The Morgan fingerprint density at radius 2 is 2.33 bits per heavy atom. The van der Waals surface area contributed by atoms with Gasteiger partial charge in [-0.1, -0.05) is 13.3 Å². The Bertz CT molecular complexity index is 612. The first-order valence-corrected chi connectivity index (χ1v) is 6.55. The van der Waals surface area contributed by atoms with Crippen LogP contribution in [0.25, 0.3) is 10.9 Å². The fourth-order valence-electron chi connectivity index (χ4n) is 2.97. The predicted octanol–water partition coefficient (Wildman–Crippen LogP) is 3.38. The van der Waals surface area contributed by atoms with E-state index in [1.807, 2.05) is 12.1 Å². The van der Waals surface area contributed by atoms with Crippen LogP contribution in [0.3, 0.4) is 0 Å². The van der Waals surface area contributed by atoms with Crippen LogP contribution in [0.1, 0.15) is 41.4 Å². The minimum Gasteiger partial charge on any atom is -0.478 e. The van der Waals surface area contributed by atoms with Crippen molar-refractivity contribution in [3.63, 3.8) is 0 Å². The van der Waals surface area contributed by atoms with Gasteiger partial charge in [-0.3, -0.25) is 0 Å². The molecule has 1 aliphatic rings. The highest BCUT2D eigenvalue weighted by Gasteiger charge is 2.21. The highest BCUT2D eigenvalue weighted by Crippen LogP contribution is 2.33. The zero-order valence-electron chi connectivity index (χ0n) is 10.5. The van der Waals surface area contributed by atoms with E-state index < -0.39 is 5.97 Å². The zero-order valence-corrected chi connectivity index (χ0v) is 10.5. The molecule has 0 aliphatic heterocycles. The van der Waals surface area contributed by atoms with Crippen LogP contribution in [0.4, 0.5) is 0 Å². The molecule has 0 spiro atoms. The van der Waals surface area contributed by atoms with Gasteiger partial charge in [-0.25, -0.2) is 4.79 Å². The van der Waals surface area contributed by atoms with Crippen molar-refractivity contribution in [2.45, 2.75) is 32.6 Å². The maximum absolute atomic E-state index is 11.0. The quantitative estimate of drug-likeness (QED) is 0.849. The third kappa shape index (κ3) is 1.70. The summed E-state index contributed by atoms with van der Waals surface area (Å²) in [6.07, 6.45) is 4.60. The average molecular weight is 243 g/mol. The van der Waals surface area contributed by atoms with E-state index in [4.69, 9.17) is 5.11 Å². The van der Waals surface area contributed by atoms with Crippen LogP contribution in [0.5, 0.6) is 0 Å². The first-order chi connectivity index (χ1) is 8.69. The molecule has 1 unspecified atom stereocenters. The molecule has 0 radical (unpaired) electrons.